The number of primary amides is 1. The summed E-state index contributed by atoms with van der Waals surface area (Å²) in [5.41, 5.74) is 7.78. The van der Waals surface area contributed by atoms with Crippen LogP contribution in [0.15, 0.2) is 5.16 Å². The molecular weight excluding hydrogens is 298 g/mol. The van der Waals surface area contributed by atoms with Crippen LogP contribution in [0.2, 0.25) is 0 Å². The van der Waals surface area contributed by atoms with Gasteiger partial charge in [0, 0.05) is 0 Å². The maximum absolute atomic E-state index is 12.8. The van der Waals surface area contributed by atoms with Gasteiger partial charge in [-0.05, 0) is 0 Å². The predicted molar refractivity (Wildman–Crippen MR) is 42.4 cm³/mol. The van der Waals surface area contributed by atoms with E-state index < -0.39 is 35.4 Å². The fraction of sp³-hybridized carbons (Fsp3) is 0.667. The Kier molecular flexibility index (Phi) is 3.96. The minimum atomic E-state index is -6.88. The maximum Gasteiger partial charge on any atom is 0.392 e. The Morgan fingerprint density at radius 1 is 0.842 bits per heavy atom. The number of halogens is 8. The van der Waals surface area contributed by atoms with Crippen molar-refractivity contribution in [1.29, 1.82) is 0 Å². The van der Waals surface area contributed by atoms with Crippen molar-refractivity contribution >= 4 is 11.7 Å². The van der Waals surface area contributed by atoms with E-state index in [0.717, 1.165) is 0 Å². The third-order valence-electron chi connectivity index (χ3n) is 1.92. The van der Waals surface area contributed by atoms with E-state index in [1.165, 1.54) is 5.16 Å². The molecule has 13 heteroatoms. The first-order chi connectivity index (χ1) is 8.17. The molecule has 112 valence electrons. The fourth-order valence-electron chi connectivity index (χ4n) is 0.773. The standard InChI is InChI=1S/C6H5F8N3O2/c7-3(8,1(15)17-19)5(11,12)6(13,14)4(9,10)2(16)18/h19H,(H2,15,17)(H2,16,18). The Hall–Kier alpha value is -1.82. The van der Waals surface area contributed by atoms with Crippen molar-refractivity contribution < 1.29 is 45.1 Å². The monoisotopic (exact) mass is 303 g/mol. The number of nitrogens with zero attached hydrogens (tertiary/aromatic N) is 1. The van der Waals surface area contributed by atoms with Gasteiger partial charge in [-0.15, -0.1) is 0 Å². The van der Waals surface area contributed by atoms with Crippen LogP contribution in [0.25, 0.3) is 0 Å². The topological polar surface area (TPSA) is 102 Å². The lowest BCUT2D eigenvalue weighted by Crippen LogP contribution is -2.68. The van der Waals surface area contributed by atoms with Crippen LogP contribution < -0.4 is 11.5 Å². The number of hydrogen-bond acceptors (Lipinski definition) is 3. The summed E-state index contributed by atoms with van der Waals surface area (Å²) in [4.78, 5) is 9.98. The Morgan fingerprint density at radius 2 is 1.16 bits per heavy atom. The highest BCUT2D eigenvalue weighted by atomic mass is 19.4. The molecule has 0 aromatic heterocycles. The van der Waals surface area contributed by atoms with E-state index in [0.29, 0.717) is 0 Å². The predicted octanol–water partition coefficient (Wildman–Crippen LogP) is 0.759. The number of nitrogens with two attached hydrogens (primary N) is 2. The Balaban J connectivity index is 5.98. The van der Waals surface area contributed by atoms with Crippen molar-refractivity contribution in [1.82, 2.24) is 0 Å². The molecule has 0 bridgehead atoms. The lowest BCUT2D eigenvalue weighted by atomic mass is 9.97. The molecule has 0 aliphatic rings. The van der Waals surface area contributed by atoms with Crippen LogP contribution in [0.4, 0.5) is 35.1 Å². The molecule has 1 amide bonds. The first-order valence-electron chi connectivity index (χ1n) is 3.97. The number of hydrogen-bond donors (Lipinski definition) is 3. The quantitative estimate of drug-likeness (QED) is 0.230. The number of alkyl halides is 8. The van der Waals surface area contributed by atoms with Crippen molar-refractivity contribution in [2.45, 2.75) is 23.7 Å². The van der Waals surface area contributed by atoms with Gasteiger partial charge in [0.05, 0.1) is 0 Å². The summed E-state index contributed by atoms with van der Waals surface area (Å²) < 4.78 is 102. The molecule has 0 radical (unpaired) electrons. The summed E-state index contributed by atoms with van der Waals surface area (Å²) >= 11 is 0. The molecule has 19 heavy (non-hydrogen) atoms. The van der Waals surface area contributed by atoms with Crippen LogP contribution in [0.5, 0.6) is 0 Å². The van der Waals surface area contributed by atoms with Crippen molar-refractivity contribution in [3.63, 3.8) is 0 Å². The molecule has 0 unspecified atom stereocenters. The summed E-state index contributed by atoms with van der Waals surface area (Å²) in [6, 6.07) is 0. The van der Waals surface area contributed by atoms with Gasteiger partial charge in [-0.25, -0.2) is 0 Å². The Morgan fingerprint density at radius 3 is 1.42 bits per heavy atom. The third kappa shape index (κ3) is 2.12. The summed E-state index contributed by atoms with van der Waals surface area (Å²) in [5.74, 6) is -32.2. The minimum Gasteiger partial charge on any atom is -0.409 e. The Bertz CT molecular complexity index is 407. The highest BCUT2D eigenvalue weighted by Crippen LogP contribution is 2.52. The molecule has 0 aromatic carbocycles. The molecule has 0 heterocycles. The molecule has 0 saturated carbocycles. The zero-order valence-corrected chi connectivity index (χ0v) is 8.48. The van der Waals surface area contributed by atoms with E-state index in [-0.39, 0.29) is 0 Å². The van der Waals surface area contributed by atoms with E-state index in [2.05, 4.69) is 11.5 Å². The molecule has 5 nitrogen and oxygen atoms in total. The van der Waals surface area contributed by atoms with E-state index >= 15 is 0 Å². The number of rotatable bonds is 5. The van der Waals surface area contributed by atoms with E-state index in [1.807, 2.05) is 0 Å². The van der Waals surface area contributed by atoms with Gasteiger partial charge in [0.15, 0.2) is 0 Å². The highest BCUT2D eigenvalue weighted by Gasteiger charge is 2.83. The van der Waals surface area contributed by atoms with Gasteiger partial charge in [0.1, 0.15) is 0 Å². The normalized spacial score (nSPS) is 15.5. The average molecular weight is 303 g/mol. The molecule has 0 aliphatic carbocycles. The zero-order chi connectivity index (χ0) is 15.9. The van der Waals surface area contributed by atoms with Gasteiger partial charge >= 0.3 is 23.7 Å². The summed E-state index contributed by atoms with van der Waals surface area (Å²) in [5, 5.41) is 9.07. The smallest absolute Gasteiger partial charge is 0.392 e. The molecule has 0 fully saturated rings. The van der Waals surface area contributed by atoms with E-state index in [4.69, 9.17) is 5.21 Å². The van der Waals surface area contributed by atoms with Gasteiger partial charge in [-0.3, -0.25) is 4.79 Å². The van der Waals surface area contributed by atoms with Crippen molar-refractivity contribution in [2.24, 2.45) is 16.6 Å². The van der Waals surface area contributed by atoms with Crippen LogP contribution in [0, 0.1) is 0 Å². The maximum atomic E-state index is 12.8. The highest BCUT2D eigenvalue weighted by molar-refractivity contribution is 5.89. The molecule has 5 N–H and O–H groups in total. The number of carbonyl (C=O) groups is 1. The molecule has 0 saturated heterocycles. The lowest BCUT2D eigenvalue weighted by molar-refractivity contribution is -0.340. The summed E-state index contributed by atoms with van der Waals surface area (Å²) in [6.07, 6.45) is 0. The van der Waals surface area contributed by atoms with Crippen molar-refractivity contribution in [2.75, 3.05) is 0 Å². The number of amides is 1. The van der Waals surface area contributed by atoms with E-state index in [9.17, 15) is 39.9 Å². The summed E-state index contributed by atoms with van der Waals surface area (Å²) in [6.45, 7) is 0. The van der Waals surface area contributed by atoms with Gasteiger partial charge in [-0.2, -0.15) is 35.1 Å². The van der Waals surface area contributed by atoms with Crippen molar-refractivity contribution in [3.05, 3.63) is 0 Å². The van der Waals surface area contributed by atoms with Crippen molar-refractivity contribution in [3.8, 4) is 0 Å². The molecule has 0 aromatic rings. The number of carbonyl (C=O) groups excluding carboxylic acids is 1. The zero-order valence-electron chi connectivity index (χ0n) is 8.48. The average Bonchev–Trinajstić information content (AvgIpc) is 2.26. The van der Waals surface area contributed by atoms with Crippen LogP contribution in [-0.4, -0.2) is 40.6 Å². The first kappa shape index (κ1) is 17.2. The summed E-state index contributed by atoms with van der Waals surface area (Å²) in [7, 11) is 0. The molecule has 0 aliphatic heterocycles. The van der Waals surface area contributed by atoms with Gasteiger partial charge in [0.2, 0.25) is 5.84 Å². The van der Waals surface area contributed by atoms with Gasteiger partial charge in [0.25, 0.3) is 5.91 Å². The van der Waals surface area contributed by atoms with Crippen LogP contribution in [-0.2, 0) is 4.79 Å². The number of oxime groups is 1. The van der Waals surface area contributed by atoms with E-state index in [1.54, 1.807) is 0 Å². The lowest BCUT2D eigenvalue weighted by Gasteiger charge is -2.34. The van der Waals surface area contributed by atoms with Crippen LogP contribution >= 0.6 is 0 Å². The Labute approximate surface area is 98.4 Å². The van der Waals surface area contributed by atoms with Crippen LogP contribution in [0.1, 0.15) is 0 Å². The van der Waals surface area contributed by atoms with Crippen LogP contribution in [0.3, 0.4) is 0 Å². The SMILES string of the molecule is NC(=O)C(F)(F)C(F)(F)C(F)(F)C(F)(F)C(N)=NO. The molecule has 0 atom stereocenters. The molecule has 0 rings (SSSR count). The largest absolute Gasteiger partial charge is 0.409 e. The first-order valence-corrected chi connectivity index (χ1v) is 3.97. The second-order valence-electron chi connectivity index (χ2n) is 3.15. The number of amidine groups is 1. The second-order valence-corrected chi connectivity index (χ2v) is 3.15. The molecular formula is C6H5F8N3O2. The molecule has 0 spiro atoms. The minimum absolute atomic E-state index is 1.34. The van der Waals surface area contributed by atoms with Gasteiger partial charge < -0.3 is 16.7 Å². The fourth-order valence-corrected chi connectivity index (χ4v) is 0.773. The van der Waals surface area contributed by atoms with Gasteiger partial charge in [-0.1, -0.05) is 5.16 Å². The third-order valence-corrected chi connectivity index (χ3v) is 1.92. The second kappa shape index (κ2) is 4.38.